The first-order valence-corrected chi connectivity index (χ1v) is 11.4. The molecule has 4 rings (SSSR count). The first-order chi connectivity index (χ1) is 16.2. The summed E-state index contributed by atoms with van der Waals surface area (Å²) in [5.41, 5.74) is 5.57. The molecule has 0 unspecified atom stereocenters. The third-order valence-corrected chi connectivity index (χ3v) is 6.00. The van der Waals surface area contributed by atoms with Crippen LogP contribution in [0.1, 0.15) is 45.1 Å². The highest BCUT2D eigenvalue weighted by Gasteiger charge is 2.31. The number of allylic oxidation sites excluding steroid dienone is 2. The highest BCUT2D eigenvalue weighted by atomic mass is 19.1. The number of alkyl halides is 1. The Morgan fingerprint density at radius 3 is 2.45 bits per heavy atom. The monoisotopic (exact) mass is 448 g/mol. The van der Waals surface area contributed by atoms with Gasteiger partial charge in [0.05, 0.1) is 12.4 Å². The summed E-state index contributed by atoms with van der Waals surface area (Å²) in [5, 5.41) is 14.4. The van der Waals surface area contributed by atoms with Gasteiger partial charge in [-0.3, -0.25) is 9.69 Å². The van der Waals surface area contributed by atoms with E-state index in [0.717, 1.165) is 47.2 Å². The van der Waals surface area contributed by atoms with E-state index in [1.54, 1.807) is 4.90 Å². The van der Waals surface area contributed by atoms with E-state index >= 15 is 0 Å². The fourth-order valence-electron chi connectivity index (χ4n) is 4.26. The van der Waals surface area contributed by atoms with Crippen molar-refractivity contribution in [2.24, 2.45) is 0 Å². The van der Waals surface area contributed by atoms with Gasteiger partial charge in [-0.05, 0) is 34.7 Å². The summed E-state index contributed by atoms with van der Waals surface area (Å²) in [4.78, 5) is 16.2. The number of nitrogens with zero attached hydrogens (tertiary/aromatic N) is 5. The number of hydrogen-bond acceptors (Lipinski definition) is 5. The summed E-state index contributed by atoms with van der Waals surface area (Å²) < 4.78 is 13.9. The number of aromatic amines is 1. The number of unbranched alkanes of at least 4 members (excludes halogenated alkanes) is 1. The van der Waals surface area contributed by atoms with Crippen molar-refractivity contribution in [2.45, 2.75) is 46.1 Å². The van der Waals surface area contributed by atoms with Crippen LogP contribution in [0.5, 0.6) is 0 Å². The fourth-order valence-corrected chi connectivity index (χ4v) is 4.26. The number of carbonyl (C=O) groups excluding carboxylic acids is 1. The van der Waals surface area contributed by atoms with Crippen molar-refractivity contribution >= 4 is 5.91 Å². The number of H-pyrrole nitrogens is 1. The van der Waals surface area contributed by atoms with Gasteiger partial charge in [0.25, 0.3) is 0 Å². The molecule has 1 aliphatic heterocycles. The van der Waals surface area contributed by atoms with Crippen LogP contribution in [-0.4, -0.2) is 49.7 Å². The maximum absolute atomic E-state index is 13.9. The Bertz CT molecular complexity index is 1110. The summed E-state index contributed by atoms with van der Waals surface area (Å²) in [6.07, 6.45) is 3.13. The minimum absolute atomic E-state index is 0.0347. The number of aromatic nitrogens is 4. The predicted molar refractivity (Wildman–Crippen MR) is 125 cm³/mol. The van der Waals surface area contributed by atoms with Crippen LogP contribution in [-0.2, 0) is 11.3 Å². The average molecular weight is 449 g/mol. The van der Waals surface area contributed by atoms with Crippen molar-refractivity contribution in [2.75, 3.05) is 13.3 Å². The van der Waals surface area contributed by atoms with Crippen LogP contribution in [0.3, 0.4) is 0 Å². The molecule has 1 N–H and O–H groups in total. The van der Waals surface area contributed by atoms with Gasteiger partial charge in [0.2, 0.25) is 11.7 Å². The second-order valence-electron chi connectivity index (χ2n) is 8.12. The Morgan fingerprint density at radius 2 is 1.82 bits per heavy atom. The molecule has 33 heavy (non-hydrogen) atoms. The van der Waals surface area contributed by atoms with E-state index in [1.165, 1.54) is 0 Å². The zero-order valence-corrected chi connectivity index (χ0v) is 19.1. The molecule has 2 aromatic carbocycles. The van der Waals surface area contributed by atoms with E-state index in [4.69, 9.17) is 0 Å². The predicted octanol–water partition coefficient (Wildman–Crippen LogP) is 4.92. The Kier molecular flexibility index (Phi) is 7.12. The lowest BCUT2D eigenvalue weighted by atomic mass is 9.98. The van der Waals surface area contributed by atoms with Crippen LogP contribution in [0.2, 0.25) is 0 Å². The number of carbonyl (C=O) groups is 1. The molecule has 0 spiro atoms. The standard InChI is InChI=1S/C25H29FN6O/c1-3-5-10-22-23(15-26)32(24(33)4-2)17-31(22)16-18-11-13-19(14-12-18)20-8-6-7-9-21(20)25-27-29-30-28-25/h6-9,11-14H,3-5,10,15-17H2,1-2H3,(H,27,28,29,30). The van der Waals surface area contributed by atoms with Crippen LogP contribution in [0.25, 0.3) is 22.5 Å². The second-order valence-corrected chi connectivity index (χ2v) is 8.12. The fraction of sp³-hybridized carbons (Fsp3) is 0.360. The number of hydrogen-bond donors (Lipinski definition) is 1. The molecule has 7 nitrogen and oxygen atoms in total. The van der Waals surface area contributed by atoms with Crippen molar-refractivity contribution in [3.8, 4) is 22.5 Å². The first-order valence-electron chi connectivity index (χ1n) is 11.4. The molecular weight excluding hydrogens is 419 g/mol. The number of amides is 1. The van der Waals surface area contributed by atoms with Gasteiger partial charge in [-0.1, -0.05) is 68.8 Å². The lowest BCUT2D eigenvalue weighted by molar-refractivity contribution is -0.129. The Morgan fingerprint density at radius 1 is 1.06 bits per heavy atom. The molecular formula is C25H29FN6O. The summed E-state index contributed by atoms with van der Waals surface area (Å²) in [5.74, 6) is 0.518. The molecule has 1 aliphatic rings. The Labute approximate surface area is 193 Å². The van der Waals surface area contributed by atoms with E-state index < -0.39 is 6.67 Å². The molecule has 172 valence electrons. The number of halogens is 1. The highest BCUT2D eigenvalue weighted by molar-refractivity contribution is 5.80. The van der Waals surface area contributed by atoms with E-state index in [0.29, 0.717) is 31.2 Å². The van der Waals surface area contributed by atoms with E-state index in [2.05, 4.69) is 56.7 Å². The van der Waals surface area contributed by atoms with Crippen LogP contribution < -0.4 is 0 Å². The maximum Gasteiger partial charge on any atom is 0.228 e. The number of tetrazole rings is 1. The summed E-state index contributed by atoms with van der Waals surface area (Å²) >= 11 is 0. The lowest BCUT2D eigenvalue weighted by Crippen LogP contribution is -2.32. The largest absolute Gasteiger partial charge is 0.351 e. The van der Waals surface area contributed by atoms with E-state index in [9.17, 15) is 9.18 Å². The molecule has 8 heteroatoms. The normalized spacial score (nSPS) is 13.8. The molecule has 0 bridgehead atoms. The van der Waals surface area contributed by atoms with Crippen LogP contribution >= 0.6 is 0 Å². The molecule has 0 saturated carbocycles. The molecule has 0 radical (unpaired) electrons. The zero-order chi connectivity index (χ0) is 23.2. The minimum Gasteiger partial charge on any atom is -0.351 e. The van der Waals surface area contributed by atoms with E-state index in [-0.39, 0.29) is 5.91 Å². The van der Waals surface area contributed by atoms with Crippen LogP contribution in [0, 0.1) is 0 Å². The molecule has 2 heterocycles. The number of nitrogens with one attached hydrogen (secondary N) is 1. The molecule has 0 saturated heterocycles. The molecule has 1 aromatic heterocycles. The van der Waals surface area contributed by atoms with E-state index in [1.807, 2.05) is 31.2 Å². The van der Waals surface area contributed by atoms with Crippen LogP contribution in [0.15, 0.2) is 59.9 Å². The highest BCUT2D eigenvalue weighted by Crippen LogP contribution is 2.32. The summed E-state index contributed by atoms with van der Waals surface area (Å²) in [6, 6.07) is 16.3. The van der Waals surface area contributed by atoms with Gasteiger partial charge in [-0.2, -0.15) is 5.21 Å². The van der Waals surface area contributed by atoms with Gasteiger partial charge in [0.15, 0.2) is 0 Å². The number of rotatable bonds is 9. The van der Waals surface area contributed by atoms with Gasteiger partial charge < -0.3 is 4.90 Å². The molecule has 0 aliphatic carbocycles. The lowest BCUT2D eigenvalue weighted by Gasteiger charge is -2.23. The van der Waals surface area contributed by atoms with Gasteiger partial charge >= 0.3 is 0 Å². The van der Waals surface area contributed by atoms with Gasteiger partial charge in [-0.15, -0.1) is 10.2 Å². The summed E-state index contributed by atoms with van der Waals surface area (Å²) in [7, 11) is 0. The maximum atomic E-state index is 13.9. The average Bonchev–Trinajstić information content (AvgIpc) is 3.51. The topological polar surface area (TPSA) is 78.0 Å². The van der Waals surface area contributed by atoms with Crippen molar-refractivity contribution in [1.29, 1.82) is 0 Å². The first kappa shape index (κ1) is 22.6. The Hall–Kier alpha value is -3.55. The molecule has 0 fully saturated rings. The van der Waals surface area contributed by atoms with Gasteiger partial charge in [-0.25, -0.2) is 4.39 Å². The molecule has 1 amide bonds. The third kappa shape index (κ3) is 4.79. The molecule has 0 atom stereocenters. The number of benzene rings is 2. The van der Waals surface area contributed by atoms with Crippen molar-refractivity contribution in [3.05, 3.63) is 65.5 Å². The van der Waals surface area contributed by atoms with Gasteiger partial charge in [0.1, 0.15) is 6.67 Å². The van der Waals surface area contributed by atoms with Crippen molar-refractivity contribution in [1.82, 2.24) is 30.4 Å². The quantitative estimate of drug-likeness (QED) is 0.503. The third-order valence-electron chi connectivity index (χ3n) is 6.00. The van der Waals surface area contributed by atoms with Crippen molar-refractivity contribution in [3.63, 3.8) is 0 Å². The molecule has 3 aromatic rings. The van der Waals surface area contributed by atoms with Crippen LogP contribution in [0.4, 0.5) is 4.39 Å². The zero-order valence-electron chi connectivity index (χ0n) is 19.1. The van der Waals surface area contributed by atoms with Crippen molar-refractivity contribution < 1.29 is 9.18 Å². The van der Waals surface area contributed by atoms with Gasteiger partial charge in [0, 0.05) is 24.2 Å². The second kappa shape index (κ2) is 10.4. The summed E-state index contributed by atoms with van der Waals surface area (Å²) in [6.45, 7) is 4.36. The Balaban J connectivity index is 1.57. The minimum atomic E-state index is -0.618. The SMILES string of the molecule is CCCCC1=C(CF)N(C(=O)CC)CN1Cc1ccc(-c2ccccc2-c2nn[nH]n2)cc1. The smallest absolute Gasteiger partial charge is 0.228 e.